The number of thiocarbonyl (C=S) groups is 1. The lowest BCUT2D eigenvalue weighted by atomic mass is 10.0. The molecule has 0 aromatic heterocycles. The van der Waals surface area contributed by atoms with Crippen molar-refractivity contribution >= 4 is 56.2 Å². The Morgan fingerprint density at radius 1 is 1.15 bits per heavy atom. The number of hydrogen-bond acceptors (Lipinski definition) is 4. The van der Waals surface area contributed by atoms with Gasteiger partial charge in [-0.1, -0.05) is 36.4 Å². The number of carbonyl (C=O) groups is 1. The molecule has 0 radical (unpaired) electrons. The maximum Gasteiger partial charge on any atom is 0.344 e. The molecule has 0 fully saturated rings. The van der Waals surface area contributed by atoms with E-state index in [1.54, 1.807) is 30.5 Å². The Morgan fingerprint density at radius 2 is 1.92 bits per heavy atom. The van der Waals surface area contributed by atoms with Crippen molar-refractivity contribution in [2.75, 3.05) is 0 Å². The molecule has 0 spiro atoms. The van der Waals surface area contributed by atoms with Crippen molar-refractivity contribution in [1.82, 2.24) is 5.43 Å². The van der Waals surface area contributed by atoms with Crippen molar-refractivity contribution < 1.29 is 9.53 Å². The highest BCUT2D eigenvalue weighted by molar-refractivity contribution is 9.10. The second-order valence-corrected chi connectivity index (χ2v) is 6.63. The average molecular weight is 428 g/mol. The molecule has 0 saturated carbocycles. The second-order valence-electron chi connectivity index (χ2n) is 5.34. The highest BCUT2D eigenvalue weighted by Gasteiger charge is 2.14. The number of rotatable bonds is 4. The Morgan fingerprint density at radius 3 is 2.69 bits per heavy atom. The number of fused-ring (bicyclic) bond motifs is 1. The summed E-state index contributed by atoms with van der Waals surface area (Å²) in [6.07, 6.45) is 1.56. The molecule has 3 aromatic carbocycles. The van der Waals surface area contributed by atoms with Gasteiger partial charge in [0.25, 0.3) is 0 Å². The topological polar surface area (TPSA) is 76.7 Å². The molecule has 0 amide bonds. The van der Waals surface area contributed by atoms with Crippen LogP contribution in [-0.2, 0) is 0 Å². The van der Waals surface area contributed by atoms with E-state index in [1.807, 2.05) is 36.4 Å². The fraction of sp³-hybridized carbons (Fsp3) is 0. The molecule has 0 atom stereocenters. The Balaban J connectivity index is 1.81. The molecule has 0 aliphatic rings. The van der Waals surface area contributed by atoms with Crippen LogP contribution in [0.2, 0.25) is 0 Å². The number of hydrazone groups is 1. The van der Waals surface area contributed by atoms with Gasteiger partial charge in [0.05, 0.1) is 16.3 Å². The van der Waals surface area contributed by atoms with Crippen molar-refractivity contribution in [3.8, 4) is 5.75 Å². The van der Waals surface area contributed by atoms with Gasteiger partial charge in [0, 0.05) is 0 Å². The molecule has 7 heteroatoms. The van der Waals surface area contributed by atoms with Crippen LogP contribution in [0.1, 0.15) is 15.9 Å². The number of benzene rings is 3. The summed E-state index contributed by atoms with van der Waals surface area (Å²) in [7, 11) is 0. The maximum atomic E-state index is 12.6. The van der Waals surface area contributed by atoms with E-state index in [9.17, 15) is 4.79 Å². The molecule has 3 N–H and O–H groups in total. The Bertz CT molecular complexity index is 1020. The summed E-state index contributed by atoms with van der Waals surface area (Å²) in [5, 5.41) is 5.80. The van der Waals surface area contributed by atoms with Gasteiger partial charge in [-0.2, -0.15) is 5.10 Å². The third-order valence-electron chi connectivity index (χ3n) is 3.56. The van der Waals surface area contributed by atoms with Gasteiger partial charge in [0.1, 0.15) is 5.75 Å². The first-order valence-corrected chi connectivity index (χ1v) is 8.83. The van der Waals surface area contributed by atoms with Crippen LogP contribution >= 0.6 is 28.1 Å². The smallest absolute Gasteiger partial charge is 0.344 e. The summed E-state index contributed by atoms with van der Waals surface area (Å²) < 4.78 is 6.18. The predicted octanol–water partition coefficient (Wildman–Crippen LogP) is 3.99. The number of nitrogens with two attached hydrogens (primary N) is 1. The maximum absolute atomic E-state index is 12.6. The molecule has 130 valence electrons. The van der Waals surface area contributed by atoms with E-state index in [0.717, 1.165) is 16.3 Å². The summed E-state index contributed by atoms with van der Waals surface area (Å²) in [5.74, 6) is 0.00135. The molecule has 3 aromatic rings. The molecule has 0 unspecified atom stereocenters. The van der Waals surface area contributed by atoms with Gasteiger partial charge in [-0.15, -0.1) is 0 Å². The zero-order valence-electron chi connectivity index (χ0n) is 13.5. The summed E-state index contributed by atoms with van der Waals surface area (Å²) >= 11 is 8.08. The molecule has 0 bridgehead atoms. The van der Waals surface area contributed by atoms with Crippen LogP contribution in [0.4, 0.5) is 0 Å². The zero-order chi connectivity index (χ0) is 18.5. The van der Waals surface area contributed by atoms with Crippen LogP contribution in [-0.4, -0.2) is 17.3 Å². The number of hydrogen-bond donors (Lipinski definition) is 2. The highest BCUT2D eigenvalue weighted by Crippen LogP contribution is 2.27. The van der Waals surface area contributed by atoms with Gasteiger partial charge in [-0.25, -0.2) is 4.79 Å². The van der Waals surface area contributed by atoms with Gasteiger partial charge in [-0.05, 0) is 68.7 Å². The molecule has 0 aliphatic heterocycles. The summed E-state index contributed by atoms with van der Waals surface area (Å²) in [5.41, 5.74) is 9.07. The molecule has 3 rings (SSSR count). The van der Waals surface area contributed by atoms with E-state index in [-0.39, 0.29) is 5.11 Å². The molecule has 5 nitrogen and oxygen atoms in total. The van der Waals surface area contributed by atoms with Crippen LogP contribution in [0.5, 0.6) is 5.75 Å². The van der Waals surface area contributed by atoms with E-state index < -0.39 is 5.97 Å². The monoisotopic (exact) mass is 427 g/mol. The quantitative estimate of drug-likeness (QED) is 0.216. The summed E-state index contributed by atoms with van der Waals surface area (Å²) in [6.45, 7) is 0. The van der Waals surface area contributed by atoms with Crippen LogP contribution in [0.25, 0.3) is 10.8 Å². The Labute approximate surface area is 164 Å². The molecule has 0 heterocycles. The van der Waals surface area contributed by atoms with E-state index in [1.165, 1.54) is 0 Å². The fourth-order valence-corrected chi connectivity index (χ4v) is 2.94. The first-order valence-electron chi connectivity index (χ1n) is 7.62. The van der Waals surface area contributed by atoms with Crippen LogP contribution in [0.15, 0.2) is 70.2 Å². The van der Waals surface area contributed by atoms with Crippen LogP contribution in [0, 0.1) is 0 Å². The van der Waals surface area contributed by atoms with Gasteiger partial charge in [0.2, 0.25) is 0 Å². The molecule has 0 saturated heterocycles. The van der Waals surface area contributed by atoms with Crippen molar-refractivity contribution in [3.63, 3.8) is 0 Å². The van der Waals surface area contributed by atoms with Gasteiger partial charge < -0.3 is 10.5 Å². The second kappa shape index (κ2) is 8.07. The molecule has 26 heavy (non-hydrogen) atoms. The average Bonchev–Trinajstić information content (AvgIpc) is 2.63. The SMILES string of the molecule is NC(=S)N/N=C\c1ccc(OC(=O)c2cccc3ccccc23)c(Br)c1. The predicted molar refractivity (Wildman–Crippen MR) is 111 cm³/mol. The van der Waals surface area contributed by atoms with Crippen molar-refractivity contribution in [3.05, 3.63) is 76.3 Å². The van der Waals surface area contributed by atoms with Gasteiger partial charge in [0.15, 0.2) is 5.11 Å². The largest absolute Gasteiger partial charge is 0.422 e. The Kier molecular flexibility index (Phi) is 5.60. The zero-order valence-corrected chi connectivity index (χ0v) is 15.9. The third kappa shape index (κ3) is 4.25. The van der Waals surface area contributed by atoms with E-state index in [0.29, 0.717) is 15.8 Å². The summed E-state index contributed by atoms with van der Waals surface area (Å²) in [6, 6.07) is 18.4. The third-order valence-corrected chi connectivity index (χ3v) is 4.27. The fourth-order valence-electron chi connectivity index (χ4n) is 2.41. The van der Waals surface area contributed by atoms with Crippen molar-refractivity contribution in [2.45, 2.75) is 0 Å². The molecular formula is C19H14BrN3O2S. The van der Waals surface area contributed by atoms with Crippen LogP contribution in [0.3, 0.4) is 0 Å². The number of ether oxygens (including phenoxy) is 1. The number of halogens is 1. The van der Waals surface area contributed by atoms with Gasteiger partial charge >= 0.3 is 5.97 Å². The number of nitrogens with zero attached hydrogens (tertiary/aromatic N) is 1. The minimum absolute atomic E-state index is 0.0842. The highest BCUT2D eigenvalue weighted by atomic mass is 79.9. The van der Waals surface area contributed by atoms with Crippen LogP contribution < -0.4 is 15.9 Å². The van der Waals surface area contributed by atoms with E-state index >= 15 is 0 Å². The first-order chi connectivity index (χ1) is 12.5. The molecule has 0 aliphatic carbocycles. The van der Waals surface area contributed by atoms with Gasteiger partial charge in [-0.3, -0.25) is 5.43 Å². The van der Waals surface area contributed by atoms with Crippen molar-refractivity contribution in [2.24, 2.45) is 10.8 Å². The first kappa shape index (κ1) is 18.0. The number of nitrogens with one attached hydrogen (secondary N) is 1. The lowest BCUT2D eigenvalue weighted by Crippen LogP contribution is -2.23. The minimum atomic E-state index is -0.418. The molecular weight excluding hydrogens is 414 g/mol. The Hall–Kier alpha value is -2.77. The number of esters is 1. The standard InChI is InChI=1S/C19H14BrN3O2S/c20-16-10-12(11-22-23-19(21)26)8-9-17(16)25-18(24)15-7-3-5-13-4-1-2-6-14(13)15/h1-11H,(H3,21,23,26)/b22-11-. The van der Waals surface area contributed by atoms with E-state index in [2.05, 4.69) is 38.7 Å². The lowest BCUT2D eigenvalue weighted by molar-refractivity contribution is 0.0735. The lowest BCUT2D eigenvalue weighted by Gasteiger charge is -2.09. The summed E-state index contributed by atoms with van der Waals surface area (Å²) in [4.78, 5) is 12.6. The number of carbonyl (C=O) groups excluding carboxylic acids is 1. The normalized spacial score (nSPS) is 10.8. The van der Waals surface area contributed by atoms with Crippen molar-refractivity contribution in [1.29, 1.82) is 0 Å². The van der Waals surface area contributed by atoms with E-state index in [4.69, 9.17) is 10.5 Å². The minimum Gasteiger partial charge on any atom is -0.422 e.